The van der Waals surface area contributed by atoms with Crippen molar-refractivity contribution in [3.05, 3.63) is 81.3 Å². The summed E-state index contributed by atoms with van der Waals surface area (Å²) >= 11 is 5.87. The van der Waals surface area contributed by atoms with Crippen molar-refractivity contribution in [1.29, 1.82) is 0 Å². The Kier molecular flexibility index (Phi) is 6.94. The van der Waals surface area contributed by atoms with Gasteiger partial charge in [0.1, 0.15) is 12.2 Å². The lowest BCUT2D eigenvalue weighted by molar-refractivity contribution is -0.136. The molecule has 14 heteroatoms. The fourth-order valence-electron chi connectivity index (χ4n) is 3.48. The molecule has 0 aliphatic carbocycles. The first-order chi connectivity index (χ1) is 16.9. The number of hydrogen-bond acceptors (Lipinski definition) is 4. The first kappa shape index (κ1) is 25.5. The van der Waals surface area contributed by atoms with Gasteiger partial charge in [-0.25, -0.2) is 32.3 Å². The largest absolute Gasteiger partial charge is 0.390 e. The monoisotopic (exact) mass is 530 g/mol. The minimum atomic E-state index is -4.53. The van der Waals surface area contributed by atoms with E-state index in [9.17, 15) is 31.1 Å². The molecule has 0 fully saturated rings. The van der Waals surface area contributed by atoms with E-state index in [1.54, 1.807) is 0 Å². The smallest absolute Gasteiger partial charge is 0.275 e. The molecule has 4 aromatic rings. The van der Waals surface area contributed by atoms with Crippen LogP contribution in [0.4, 0.5) is 26.3 Å². The fraction of sp³-hybridized carbons (Fsp3) is 0.273. The van der Waals surface area contributed by atoms with Crippen LogP contribution in [0.2, 0.25) is 5.02 Å². The molecular weight excluding hydrogens is 514 g/mol. The molecule has 2 aromatic carbocycles. The highest BCUT2D eigenvalue weighted by atomic mass is 35.5. The number of benzene rings is 2. The van der Waals surface area contributed by atoms with E-state index in [-0.39, 0.29) is 11.6 Å². The Morgan fingerprint density at radius 1 is 1.03 bits per heavy atom. The van der Waals surface area contributed by atoms with E-state index in [2.05, 4.69) is 15.2 Å². The van der Waals surface area contributed by atoms with E-state index in [0.29, 0.717) is 15.3 Å². The minimum Gasteiger partial charge on any atom is -0.275 e. The van der Waals surface area contributed by atoms with Crippen molar-refractivity contribution in [2.24, 2.45) is 0 Å². The summed E-state index contributed by atoms with van der Waals surface area (Å²) in [6, 6.07) is 8.96. The van der Waals surface area contributed by atoms with Crippen LogP contribution in [0, 0.1) is 11.6 Å². The number of para-hydroxylation sites is 1. The average Bonchev–Trinajstić information content (AvgIpc) is 3.34. The van der Waals surface area contributed by atoms with Gasteiger partial charge in [0.05, 0.1) is 6.42 Å². The lowest BCUT2D eigenvalue weighted by atomic mass is 10.2. The maximum Gasteiger partial charge on any atom is 0.390 e. The van der Waals surface area contributed by atoms with Crippen LogP contribution in [0.25, 0.3) is 17.1 Å². The van der Waals surface area contributed by atoms with E-state index in [1.165, 1.54) is 24.3 Å². The summed E-state index contributed by atoms with van der Waals surface area (Å²) in [7, 11) is 0. The van der Waals surface area contributed by atoms with E-state index in [0.717, 1.165) is 34.4 Å². The second-order valence-electron chi connectivity index (χ2n) is 7.77. The lowest BCUT2D eigenvalue weighted by Crippen LogP contribution is -2.27. The van der Waals surface area contributed by atoms with Crippen molar-refractivity contribution < 1.29 is 26.3 Å². The summed E-state index contributed by atoms with van der Waals surface area (Å²) in [5.74, 6) is -2.78. The van der Waals surface area contributed by atoms with Crippen LogP contribution in [0.3, 0.4) is 0 Å². The number of nitrogens with zero attached hydrogens (tertiary/aromatic N) is 6. The fourth-order valence-corrected chi connectivity index (χ4v) is 3.61. The van der Waals surface area contributed by atoms with Gasteiger partial charge in [0.25, 0.3) is 0 Å². The Labute approximate surface area is 204 Å². The van der Waals surface area contributed by atoms with E-state index < -0.39 is 60.7 Å². The third kappa shape index (κ3) is 5.30. The van der Waals surface area contributed by atoms with Crippen LogP contribution < -0.4 is 5.69 Å². The van der Waals surface area contributed by atoms with Gasteiger partial charge >= 0.3 is 11.9 Å². The molecule has 190 valence electrons. The van der Waals surface area contributed by atoms with Gasteiger partial charge in [-0.05, 0) is 43.3 Å². The molecule has 4 rings (SSSR count). The van der Waals surface area contributed by atoms with Gasteiger partial charge in [0, 0.05) is 17.1 Å². The summed E-state index contributed by atoms with van der Waals surface area (Å²) in [5, 5.41) is 8.44. The van der Waals surface area contributed by atoms with Crippen LogP contribution >= 0.6 is 11.6 Å². The topological polar surface area (TPSA) is 70.5 Å². The Bertz CT molecular complexity index is 1420. The molecule has 2 heterocycles. The summed E-state index contributed by atoms with van der Waals surface area (Å²) in [6.07, 6.45) is -7.62. The molecule has 0 N–H and O–H groups in total. The molecule has 7 nitrogen and oxygen atoms in total. The van der Waals surface area contributed by atoms with Gasteiger partial charge in [-0.1, -0.05) is 17.7 Å². The quantitative estimate of drug-likeness (QED) is 0.306. The first-order valence-corrected chi connectivity index (χ1v) is 10.9. The highest BCUT2D eigenvalue weighted by Gasteiger charge is 2.29. The normalized spacial score (nSPS) is 12.8. The van der Waals surface area contributed by atoms with Gasteiger partial charge in [-0.3, -0.25) is 4.57 Å². The number of alkyl halides is 4. The number of aromatic nitrogens is 6. The Morgan fingerprint density at radius 2 is 1.67 bits per heavy atom. The molecule has 0 radical (unpaired) electrons. The van der Waals surface area contributed by atoms with Crippen molar-refractivity contribution >= 4 is 11.6 Å². The lowest BCUT2D eigenvalue weighted by Gasteiger charge is -2.08. The van der Waals surface area contributed by atoms with Crippen molar-refractivity contribution in [1.82, 2.24) is 29.1 Å². The second kappa shape index (κ2) is 9.80. The molecule has 0 saturated carbocycles. The molecule has 0 saturated heterocycles. The van der Waals surface area contributed by atoms with Crippen molar-refractivity contribution in [2.75, 3.05) is 0 Å². The van der Waals surface area contributed by atoms with E-state index >= 15 is 0 Å². The maximum atomic E-state index is 14.3. The third-order valence-electron chi connectivity index (χ3n) is 5.12. The number of halogens is 7. The highest BCUT2D eigenvalue weighted by Crippen LogP contribution is 2.25. The third-order valence-corrected chi connectivity index (χ3v) is 5.37. The van der Waals surface area contributed by atoms with Gasteiger partial charge in [-0.2, -0.15) is 13.2 Å². The molecule has 0 spiro atoms. The highest BCUT2D eigenvalue weighted by molar-refractivity contribution is 6.30. The Morgan fingerprint density at radius 3 is 2.25 bits per heavy atom. The number of rotatable bonds is 7. The molecule has 1 unspecified atom stereocenters. The van der Waals surface area contributed by atoms with Crippen molar-refractivity contribution in [3.8, 4) is 17.1 Å². The zero-order chi connectivity index (χ0) is 26.2. The van der Waals surface area contributed by atoms with Gasteiger partial charge in [-0.15, -0.1) is 10.2 Å². The minimum absolute atomic E-state index is 0.0698. The molecule has 0 bridgehead atoms. The van der Waals surface area contributed by atoms with E-state index in [4.69, 9.17) is 11.6 Å². The van der Waals surface area contributed by atoms with Crippen LogP contribution in [0.5, 0.6) is 0 Å². The standard InChI is InChI=1S/C22H17ClF6N6O/c1-12(24)19-30-17(31-35(19)18-15(25)3-2-4-16(18)26)11-34-21(36)33(10-9-22(27,28)29)20(32-34)13-5-7-14(23)8-6-13/h2-8,12H,9-11H2,1H3. The molecule has 0 aliphatic heterocycles. The molecule has 1 atom stereocenters. The van der Waals surface area contributed by atoms with Gasteiger partial charge in [0.2, 0.25) is 0 Å². The Balaban J connectivity index is 1.77. The summed E-state index contributed by atoms with van der Waals surface area (Å²) < 4.78 is 83.8. The second-order valence-corrected chi connectivity index (χ2v) is 8.21. The van der Waals surface area contributed by atoms with Crippen molar-refractivity contribution in [2.45, 2.75) is 38.8 Å². The predicted octanol–water partition coefficient (Wildman–Crippen LogP) is 5.26. The molecule has 0 aliphatic rings. The van der Waals surface area contributed by atoms with Crippen LogP contribution in [0.1, 0.15) is 31.2 Å². The average molecular weight is 531 g/mol. The van der Waals surface area contributed by atoms with E-state index in [1.807, 2.05) is 0 Å². The molecule has 0 amide bonds. The predicted molar refractivity (Wildman–Crippen MR) is 118 cm³/mol. The van der Waals surface area contributed by atoms with Crippen LogP contribution in [-0.2, 0) is 13.1 Å². The van der Waals surface area contributed by atoms with Gasteiger partial charge in [0.15, 0.2) is 35.3 Å². The molecule has 36 heavy (non-hydrogen) atoms. The molecule has 2 aromatic heterocycles. The summed E-state index contributed by atoms with van der Waals surface area (Å²) in [6.45, 7) is -0.129. The first-order valence-electron chi connectivity index (χ1n) is 10.5. The van der Waals surface area contributed by atoms with Gasteiger partial charge < -0.3 is 0 Å². The summed E-state index contributed by atoms with van der Waals surface area (Å²) in [5.41, 5.74) is -1.25. The van der Waals surface area contributed by atoms with Crippen LogP contribution in [-0.4, -0.2) is 35.3 Å². The zero-order valence-corrected chi connectivity index (χ0v) is 19.2. The molecular formula is C22H17ClF6N6O. The SMILES string of the molecule is CC(F)c1nc(Cn2nc(-c3ccc(Cl)cc3)n(CCC(F)(F)F)c2=O)nn1-c1c(F)cccc1F. The summed E-state index contributed by atoms with van der Waals surface area (Å²) in [4.78, 5) is 16.9. The number of hydrogen-bond donors (Lipinski definition) is 0. The Hall–Kier alpha value is -3.61. The van der Waals surface area contributed by atoms with Crippen LogP contribution in [0.15, 0.2) is 47.3 Å². The zero-order valence-electron chi connectivity index (χ0n) is 18.5. The maximum absolute atomic E-state index is 14.3. The van der Waals surface area contributed by atoms with Crippen molar-refractivity contribution in [3.63, 3.8) is 0 Å².